The Balaban J connectivity index is 2.30. The van der Waals surface area contributed by atoms with Gasteiger partial charge in [0.05, 0.1) is 5.60 Å². The van der Waals surface area contributed by atoms with Crippen LogP contribution in [0.15, 0.2) is 0 Å². The van der Waals surface area contributed by atoms with Crippen LogP contribution in [-0.4, -0.2) is 28.1 Å². The van der Waals surface area contributed by atoms with E-state index in [1.807, 2.05) is 11.2 Å². The Kier molecular flexibility index (Phi) is 1.52. The highest BCUT2D eigenvalue weighted by Crippen LogP contribution is 2.24. The second kappa shape index (κ2) is 1.90. The van der Waals surface area contributed by atoms with Crippen molar-refractivity contribution in [2.75, 3.05) is 13.1 Å². The molecule has 1 aliphatic rings. The Morgan fingerprint density at radius 3 is 2.38 bits per heavy atom. The number of thiol groups is 1. The van der Waals surface area contributed by atoms with Gasteiger partial charge in [-0.3, -0.25) is 0 Å². The lowest BCUT2D eigenvalue weighted by Crippen LogP contribution is -2.57. The van der Waals surface area contributed by atoms with Gasteiger partial charge in [-0.15, -0.1) is 0 Å². The van der Waals surface area contributed by atoms with Gasteiger partial charge in [0.1, 0.15) is 0 Å². The minimum absolute atomic E-state index is 0.415. The summed E-state index contributed by atoms with van der Waals surface area (Å²) < 4.78 is 1.81. The first-order valence-corrected chi connectivity index (χ1v) is 3.22. The molecular formula is C5H11NOS. The SMILES string of the molecule is CCC1(O)CN(S)C1. The lowest BCUT2D eigenvalue weighted by atomic mass is 9.94. The van der Waals surface area contributed by atoms with E-state index >= 15 is 0 Å². The highest BCUT2D eigenvalue weighted by Gasteiger charge is 2.37. The molecule has 0 aromatic carbocycles. The highest BCUT2D eigenvalue weighted by molar-refractivity contribution is 7.77. The van der Waals surface area contributed by atoms with Crippen LogP contribution in [0.1, 0.15) is 13.3 Å². The van der Waals surface area contributed by atoms with Gasteiger partial charge in [-0.25, -0.2) is 4.31 Å². The van der Waals surface area contributed by atoms with Gasteiger partial charge >= 0.3 is 0 Å². The van der Waals surface area contributed by atoms with Gasteiger partial charge in [-0.2, -0.15) is 0 Å². The summed E-state index contributed by atoms with van der Waals surface area (Å²) in [6.45, 7) is 3.42. The van der Waals surface area contributed by atoms with E-state index in [-0.39, 0.29) is 0 Å². The van der Waals surface area contributed by atoms with Gasteiger partial charge < -0.3 is 5.11 Å². The Bertz CT molecular complexity index is 90.4. The molecule has 1 aliphatic heterocycles. The lowest BCUT2D eigenvalue weighted by molar-refractivity contribution is -0.0559. The number of aliphatic hydroxyl groups is 1. The van der Waals surface area contributed by atoms with Gasteiger partial charge in [0.15, 0.2) is 0 Å². The van der Waals surface area contributed by atoms with E-state index in [4.69, 9.17) is 0 Å². The molecule has 2 nitrogen and oxygen atoms in total. The summed E-state index contributed by atoms with van der Waals surface area (Å²) >= 11 is 4.03. The predicted molar refractivity (Wildman–Crippen MR) is 35.8 cm³/mol. The fourth-order valence-corrected chi connectivity index (χ4v) is 1.38. The van der Waals surface area contributed by atoms with Crippen LogP contribution in [-0.2, 0) is 0 Å². The molecule has 1 rings (SSSR count). The monoisotopic (exact) mass is 133 g/mol. The molecule has 0 aromatic rings. The quantitative estimate of drug-likeness (QED) is 0.502. The molecule has 0 aromatic heterocycles. The molecule has 1 N–H and O–H groups in total. The number of hydrogen-bond donors (Lipinski definition) is 2. The maximum absolute atomic E-state index is 9.30. The fourth-order valence-electron chi connectivity index (χ4n) is 0.857. The summed E-state index contributed by atoms with van der Waals surface area (Å²) in [6, 6.07) is 0. The molecule has 1 saturated heterocycles. The molecule has 1 heterocycles. The molecule has 0 radical (unpaired) electrons. The average Bonchev–Trinajstić information content (AvgIpc) is 1.63. The first-order chi connectivity index (χ1) is 3.66. The van der Waals surface area contributed by atoms with E-state index in [0.717, 1.165) is 6.42 Å². The van der Waals surface area contributed by atoms with E-state index in [0.29, 0.717) is 13.1 Å². The average molecular weight is 133 g/mol. The van der Waals surface area contributed by atoms with Crippen molar-refractivity contribution in [3.8, 4) is 0 Å². The summed E-state index contributed by atoms with van der Waals surface area (Å²) in [5.74, 6) is 0. The van der Waals surface area contributed by atoms with Crippen LogP contribution in [0.25, 0.3) is 0 Å². The van der Waals surface area contributed by atoms with Crippen LogP contribution >= 0.6 is 12.8 Å². The van der Waals surface area contributed by atoms with Crippen LogP contribution in [0.3, 0.4) is 0 Å². The maximum Gasteiger partial charge on any atom is 0.0916 e. The van der Waals surface area contributed by atoms with E-state index in [1.54, 1.807) is 0 Å². The van der Waals surface area contributed by atoms with Gasteiger partial charge in [0.2, 0.25) is 0 Å². The summed E-state index contributed by atoms with van der Waals surface area (Å²) in [7, 11) is 0. The molecule has 1 fully saturated rings. The second-order valence-electron chi connectivity index (χ2n) is 2.40. The molecule has 48 valence electrons. The summed E-state index contributed by atoms with van der Waals surface area (Å²) in [5.41, 5.74) is -0.415. The molecule has 3 heteroatoms. The van der Waals surface area contributed by atoms with Crippen LogP contribution in [0, 0.1) is 0 Å². The maximum atomic E-state index is 9.30. The largest absolute Gasteiger partial charge is 0.387 e. The summed E-state index contributed by atoms with van der Waals surface area (Å²) in [6.07, 6.45) is 0.837. The standard InChI is InChI=1S/C5H11NOS/c1-2-5(7)3-6(8)4-5/h7-8H,2-4H2,1H3. The summed E-state index contributed by atoms with van der Waals surface area (Å²) in [5, 5.41) is 9.30. The molecule has 0 saturated carbocycles. The lowest BCUT2D eigenvalue weighted by Gasteiger charge is -2.42. The first-order valence-electron chi connectivity index (χ1n) is 2.82. The smallest absolute Gasteiger partial charge is 0.0916 e. The van der Waals surface area contributed by atoms with E-state index in [1.165, 1.54) is 0 Å². The van der Waals surface area contributed by atoms with Gasteiger partial charge in [-0.1, -0.05) is 19.7 Å². The van der Waals surface area contributed by atoms with Crippen LogP contribution in [0.5, 0.6) is 0 Å². The third kappa shape index (κ3) is 0.989. The predicted octanol–water partition coefficient (Wildman–Crippen LogP) is 0.288. The molecular weight excluding hydrogens is 122 g/mol. The van der Waals surface area contributed by atoms with Crippen molar-refractivity contribution in [1.82, 2.24) is 4.31 Å². The number of rotatable bonds is 1. The Hall–Kier alpha value is 0.270. The Labute approximate surface area is 55.0 Å². The molecule has 0 amide bonds. The first kappa shape index (κ1) is 6.39. The van der Waals surface area contributed by atoms with Crippen molar-refractivity contribution < 1.29 is 5.11 Å². The molecule has 0 unspecified atom stereocenters. The summed E-state index contributed by atoms with van der Waals surface area (Å²) in [4.78, 5) is 0. The normalized spacial score (nSPS) is 27.4. The number of β-amino-alcohol motifs (C(OH)–C–C–N with tert-alkyl or cyclic N) is 1. The van der Waals surface area contributed by atoms with Crippen molar-refractivity contribution in [3.63, 3.8) is 0 Å². The zero-order valence-corrected chi connectivity index (χ0v) is 5.86. The number of nitrogens with zero attached hydrogens (tertiary/aromatic N) is 1. The van der Waals surface area contributed by atoms with Gasteiger partial charge in [-0.05, 0) is 6.42 Å². The minimum Gasteiger partial charge on any atom is -0.387 e. The molecule has 0 spiro atoms. The molecule has 0 bridgehead atoms. The second-order valence-corrected chi connectivity index (χ2v) is 2.97. The zero-order chi connectivity index (χ0) is 6.20. The van der Waals surface area contributed by atoms with Crippen LogP contribution < -0.4 is 0 Å². The Morgan fingerprint density at radius 1 is 1.75 bits per heavy atom. The van der Waals surface area contributed by atoms with E-state index < -0.39 is 5.60 Å². The van der Waals surface area contributed by atoms with Crippen molar-refractivity contribution in [2.45, 2.75) is 18.9 Å². The Morgan fingerprint density at radius 2 is 2.25 bits per heavy atom. The minimum atomic E-state index is -0.415. The van der Waals surface area contributed by atoms with Gasteiger partial charge in [0, 0.05) is 13.1 Å². The molecule has 0 aliphatic carbocycles. The highest BCUT2D eigenvalue weighted by atomic mass is 32.1. The van der Waals surface area contributed by atoms with E-state index in [9.17, 15) is 5.11 Å². The van der Waals surface area contributed by atoms with Crippen molar-refractivity contribution in [3.05, 3.63) is 0 Å². The van der Waals surface area contributed by atoms with Crippen molar-refractivity contribution >= 4 is 12.8 Å². The van der Waals surface area contributed by atoms with Gasteiger partial charge in [0.25, 0.3) is 0 Å². The zero-order valence-electron chi connectivity index (χ0n) is 4.96. The molecule has 0 atom stereocenters. The van der Waals surface area contributed by atoms with Crippen molar-refractivity contribution in [2.24, 2.45) is 0 Å². The molecule has 8 heavy (non-hydrogen) atoms. The topological polar surface area (TPSA) is 23.5 Å². The van der Waals surface area contributed by atoms with Crippen LogP contribution in [0.4, 0.5) is 0 Å². The third-order valence-electron chi connectivity index (χ3n) is 1.61. The van der Waals surface area contributed by atoms with E-state index in [2.05, 4.69) is 12.8 Å². The third-order valence-corrected chi connectivity index (χ3v) is 1.89. The van der Waals surface area contributed by atoms with Crippen molar-refractivity contribution in [1.29, 1.82) is 0 Å². The number of hydrogen-bond acceptors (Lipinski definition) is 3. The van der Waals surface area contributed by atoms with Crippen LogP contribution in [0.2, 0.25) is 0 Å². The fraction of sp³-hybridized carbons (Fsp3) is 1.00.